The lowest BCUT2D eigenvalue weighted by Gasteiger charge is -2.34. The van der Waals surface area contributed by atoms with Crippen molar-refractivity contribution in [1.29, 1.82) is 0 Å². The summed E-state index contributed by atoms with van der Waals surface area (Å²) < 4.78 is 12.3. The second kappa shape index (κ2) is 19.7. The van der Waals surface area contributed by atoms with Crippen LogP contribution in [-0.4, -0.2) is 43.8 Å². The van der Waals surface area contributed by atoms with Crippen molar-refractivity contribution in [1.82, 2.24) is 0 Å². The highest BCUT2D eigenvalue weighted by molar-refractivity contribution is 5.74. The van der Waals surface area contributed by atoms with E-state index >= 15 is 0 Å². The topological polar surface area (TPSA) is 35.5 Å². The van der Waals surface area contributed by atoms with E-state index in [0.717, 1.165) is 18.7 Å². The summed E-state index contributed by atoms with van der Waals surface area (Å²) in [6.07, 6.45) is 18.2. The number of aryl methyl sites for hydroxylation is 1. The SMILES string of the molecule is CCCCCCCCCCCCCCc1ccccc1OCCCOC(=O)C(C)[N+](C)(C)Cc1ccccc1. The lowest BCUT2D eigenvalue weighted by atomic mass is 10.0. The maximum atomic E-state index is 12.7. The lowest BCUT2D eigenvalue weighted by Crippen LogP contribution is -2.51. The molecule has 0 aliphatic heterocycles. The standard InChI is InChI=1S/C35H56NO3/c1-5-6-7-8-9-10-11-12-13-14-15-19-25-33-26-20-21-27-34(33)38-28-22-29-39-35(37)31(2)36(3,4)30-32-23-17-16-18-24-32/h16-18,20-21,23-24,26-27,31H,5-15,19,22,25,28-30H2,1-4H3/q+1. The zero-order valence-corrected chi connectivity index (χ0v) is 25.5. The van der Waals surface area contributed by atoms with E-state index in [4.69, 9.17) is 9.47 Å². The van der Waals surface area contributed by atoms with Gasteiger partial charge in [0.15, 0.2) is 6.04 Å². The van der Waals surface area contributed by atoms with E-state index in [1.54, 1.807) is 0 Å². The molecule has 0 saturated heterocycles. The normalized spacial score (nSPS) is 12.3. The summed E-state index contributed by atoms with van der Waals surface area (Å²) in [6.45, 7) is 5.96. The fraction of sp³-hybridized carbons (Fsp3) is 0.629. The average Bonchev–Trinajstić information content (AvgIpc) is 2.94. The molecule has 4 heteroatoms. The fourth-order valence-corrected chi connectivity index (χ4v) is 5.02. The quantitative estimate of drug-likeness (QED) is 0.0853. The molecular weight excluding hydrogens is 482 g/mol. The van der Waals surface area contributed by atoms with Crippen molar-refractivity contribution in [2.24, 2.45) is 0 Å². The third kappa shape index (κ3) is 14.0. The first-order valence-corrected chi connectivity index (χ1v) is 15.7. The van der Waals surface area contributed by atoms with Gasteiger partial charge in [0.05, 0.1) is 27.3 Å². The predicted molar refractivity (Wildman–Crippen MR) is 164 cm³/mol. The van der Waals surface area contributed by atoms with Crippen LogP contribution in [0.15, 0.2) is 54.6 Å². The van der Waals surface area contributed by atoms with Gasteiger partial charge in [-0.3, -0.25) is 0 Å². The van der Waals surface area contributed by atoms with E-state index in [0.29, 0.717) is 24.1 Å². The number of carbonyl (C=O) groups is 1. The van der Waals surface area contributed by atoms with Gasteiger partial charge in [-0.05, 0) is 31.4 Å². The van der Waals surface area contributed by atoms with E-state index < -0.39 is 0 Å². The molecule has 1 atom stereocenters. The Morgan fingerprint density at radius 1 is 0.718 bits per heavy atom. The van der Waals surface area contributed by atoms with Crippen LogP contribution >= 0.6 is 0 Å². The van der Waals surface area contributed by atoms with Gasteiger partial charge in [-0.15, -0.1) is 0 Å². The highest BCUT2D eigenvalue weighted by atomic mass is 16.5. The molecule has 2 rings (SSSR count). The number of rotatable bonds is 22. The number of quaternary nitrogens is 1. The number of unbranched alkanes of at least 4 members (excludes halogenated alkanes) is 11. The van der Waals surface area contributed by atoms with Crippen LogP contribution in [-0.2, 0) is 22.5 Å². The number of ether oxygens (including phenoxy) is 2. The molecule has 0 bridgehead atoms. The Kier molecular flexibility index (Phi) is 16.6. The molecular formula is C35H56NO3+. The number of likely N-dealkylation sites (N-methyl/N-ethyl adjacent to an activating group) is 1. The Balaban J connectivity index is 1.57. The van der Waals surface area contributed by atoms with Gasteiger partial charge in [0.25, 0.3) is 0 Å². The van der Waals surface area contributed by atoms with Crippen molar-refractivity contribution in [3.63, 3.8) is 0 Å². The first-order valence-electron chi connectivity index (χ1n) is 15.7. The van der Waals surface area contributed by atoms with Gasteiger partial charge in [0.2, 0.25) is 0 Å². The second-order valence-electron chi connectivity index (χ2n) is 11.7. The molecule has 0 radical (unpaired) electrons. The Morgan fingerprint density at radius 3 is 1.92 bits per heavy atom. The highest BCUT2D eigenvalue weighted by Gasteiger charge is 2.32. The number of carbonyl (C=O) groups excluding carboxylic acids is 1. The molecule has 2 aromatic carbocycles. The predicted octanol–water partition coefficient (Wildman–Crippen LogP) is 8.91. The summed E-state index contributed by atoms with van der Waals surface area (Å²) in [5.41, 5.74) is 2.51. The number of hydrogen-bond donors (Lipinski definition) is 0. The maximum Gasteiger partial charge on any atom is 0.364 e. The fourth-order valence-electron chi connectivity index (χ4n) is 5.02. The third-order valence-electron chi connectivity index (χ3n) is 7.89. The minimum Gasteiger partial charge on any atom is -0.493 e. The third-order valence-corrected chi connectivity index (χ3v) is 7.89. The molecule has 1 unspecified atom stereocenters. The summed E-state index contributed by atoms with van der Waals surface area (Å²) in [4.78, 5) is 12.7. The first-order chi connectivity index (χ1) is 18.9. The minimum absolute atomic E-state index is 0.150. The van der Waals surface area contributed by atoms with E-state index in [1.165, 1.54) is 88.2 Å². The van der Waals surface area contributed by atoms with Crippen LogP contribution in [0.1, 0.15) is 108 Å². The number of esters is 1. The Morgan fingerprint density at radius 2 is 1.28 bits per heavy atom. The molecule has 0 heterocycles. The molecule has 0 N–H and O–H groups in total. The summed E-state index contributed by atoms with van der Waals surface area (Å²) in [7, 11) is 4.16. The average molecular weight is 539 g/mol. The second-order valence-corrected chi connectivity index (χ2v) is 11.7. The van der Waals surface area contributed by atoms with Crippen molar-refractivity contribution < 1.29 is 18.8 Å². The van der Waals surface area contributed by atoms with Gasteiger partial charge in [-0.25, -0.2) is 4.79 Å². The molecule has 39 heavy (non-hydrogen) atoms. The van der Waals surface area contributed by atoms with Gasteiger partial charge in [0.1, 0.15) is 12.3 Å². The zero-order valence-electron chi connectivity index (χ0n) is 25.5. The zero-order chi connectivity index (χ0) is 28.2. The molecule has 0 spiro atoms. The van der Waals surface area contributed by atoms with Crippen molar-refractivity contribution in [3.05, 3.63) is 65.7 Å². The van der Waals surface area contributed by atoms with Crippen molar-refractivity contribution >= 4 is 5.97 Å². The maximum absolute atomic E-state index is 12.7. The number of benzene rings is 2. The van der Waals surface area contributed by atoms with Crippen LogP contribution in [0.5, 0.6) is 5.75 Å². The monoisotopic (exact) mass is 538 g/mol. The van der Waals surface area contributed by atoms with Crippen LogP contribution in [0.25, 0.3) is 0 Å². The summed E-state index contributed by atoms with van der Waals surface area (Å²) in [6, 6.07) is 18.4. The van der Waals surface area contributed by atoms with Gasteiger partial charge in [-0.1, -0.05) is 126 Å². The van der Waals surface area contributed by atoms with Crippen LogP contribution in [0.3, 0.4) is 0 Å². The van der Waals surface area contributed by atoms with Gasteiger partial charge in [-0.2, -0.15) is 0 Å². The molecule has 4 nitrogen and oxygen atoms in total. The van der Waals surface area contributed by atoms with Gasteiger partial charge < -0.3 is 14.0 Å². The van der Waals surface area contributed by atoms with Gasteiger partial charge in [0, 0.05) is 12.0 Å². The Bertz CT molecular complexity index is 896. The molecule has 0 fully saturated rings. The number of hydrogen-bond acceptors (Lipinski definition) is 3. The van der Waals surface area contributed by atoms with E-state index in [1.807, 2.05) is 31.2 Å². The summed E-state index contributed by atoms with van der Waals surface area (Å²) in [5.74, 6) is 0.823. The van der Waals surface area contributed by atoms with Crippen LogP contribution in [0, 0.1) is 0 Å². The number of para-hydroxylation sites is 1. The number of nitrogens with zero attached hydrogens (tertiary/aromatic N) is 1. The van der Waals surface area contributed by atoms with Crippen LogP contribution in [0.4, 0.5) is 0 Å². The Hall–Kier alpha value is -2.33. The molecule has 0 amide bonds. The molecule has 0 saturated carbocycles. The van der Waals surface area contributed by atoms with Crippen molar-refractivity contribution in [3.8, 4) is 5.75 Å². The van der Waals surface area contributed by atoms with E-state index in [9.17, 15) is 4.79 Å². The lowest BCUT2D eigenvalue weighted by molar-refractivity contribution is -0.917. The van der Waals surface area contributed by atoms with Crippen molar-refractivity contribution in [2.75, 3.05) is 27.3 Å². The molecule has 218 valence electrons. The molecule has 0 aliphatic rings. The molecule has 2 aromatic rings. The summed E-state index contributed by atoms with van der Waals surface area (Å²) in [5, 5.41) is 0. The largest absolute Gasteiger partial charge is 0.493 e. The molecule has 0 aromatic heterocycles. The van der Waals surface area contributed by atoms with Crippen molar-refractivity contribution in [2.45, 2.75) is 116 Å². The smallest absolute Gasteiger partial charge is 0.364 e. The molecule has 0 aliphatic carbocycles. The van der Waals surface area contributed by atoms with Gasteiger partial charge >= 0.3 is 5.97 Å². The highest BCUT2D eigenvalue weighted by Crippen LogP contribution is 2.21. The van der Waals surface area contributed by atoms with E-state index in [2.05, 4.69) is 51.4 Å². The summed E-state index contributed by atoms with van der Waals surface area (Å²) >= 11 is 0. The first kappa shape index (κ1) is 32.9. The van der Waals surface area contributed by atoms with E-state index in [-0.39, 0.29) is 12.0 Å². The minimum atomic E-state index is -0.234. The van der Waals surface area contributed by atoms with Crippen LogP contribution in [0.2, 0.25) is 0 Å². The van der Waals surface area contributed by atoms with Crippen LogP contribution < -0.4 is 4.74 Å². The Labute approximate surface area is 239 Å².